The van der Waals surface area contributed by atoms with Gasteiger partial charge in [-0.15, -0.1) is 0 Å². The monoisotopic (exact) mass is 673 g/mol. The summed E-state index contributed by atoms with van der Waals surface area (Å²) in [7, 11) is -0.669. The number of rotatable bonds is 4. The minimum Gasteiger partial charge on any atom is -0.403 e. The molecule has 4 atom stereocenters. The third kappa shape index (κ3) is 7.15. The lowest BCUT2D eigenvalue weighted by atomic mass is 9.48. The molecular weight excluding hydrogens is 604 g/mol. The Kier molecular flexibility index (Phi) is 10.4. The average Bonchev–Trinajstić information content (AvgIpc) is 3.49. The molecule has 6 rings (SSSR count). The Bertz CT molecular complexity index is 915. The molecule has 48 heavy (non-hydrogen) atoms. The van der Waals surface area contributed by atoms with Gasteiger partial charge in [0.05, 0.1) is 44.8 Å². The average molecular weight is 672 g/mol. The van der Waals surface area contributed by atoms with Gasteiger partial charge in [-0.25, -0.2) is 0 Å². The standard InChI is InChI=1S/2C18H34B2O4/c2*1-15(2)16(3,4)22-19(21-15)13-11-9-10-12-14(13)20-23-17(5,6)18(7,8)24-20/h2*13-14H,9-12H2,1-8H3/t2*13-,14+. The predicted octanol–water partition coefficient (Wildman–Crippen LogP) is 8.97. The van der Waals surface area contributed by atoms with E-state index in [2.05, 4.69) is 111 Å². The Morgan fingerprint density at radius 2 is 0.396 bits per heavy atom. The summed E-state index contributed by atoms with van der Waals surface area (Å²) < 4.78 is 50.9. The second-order valence-electron chi connectivity index (χ2n) is 19.7. The van der Waals surface area contributed by atoms with Crippen molar-refractivity contribution in [2.24, 2.45) is 0 Å². The fraction of sp³-hybridized carbons (Fsp3) is 1.00. The van der Waals surface area contributed by atoms with Crippen LogP contribution in [0.1, 0.15) is 162 Å². The summed E-state index contributed by atoms with van der Waals surface area (Å²) in [5.74, 6) is 1.31. The lowest BCUT2D eigenvalue weighted by Crippen LogP contribution is -2.41. The minimum atomic E-state index is -0.282. The van der Waals surface area contributed by atoms with Crippen LogP contribution in [0.5, 0.6) is 0 Å². The lowest BCUT2D eigenvalue weighted by Gasteiger charge is -2.34. The van der Waals surface area contributed by atoms with Crippen molar-refractivity contribution in [1.29, 1.82) is 0 Å². The van der Waals surface area contributed by atoms with E-state index in [1.165, 1.54) is 25.7 Å². The van der Waals surface area contributed by atoms with Crippen molar-refractivity contribution in [2.75, 3.05) is 0 Å². The van der Waals surface area contributed by atoms with E-state index in [9.17, 15) is 0 Å². The summed E-state index contributed by atoms with van der Waals surface area (Å²) in [6.07, 6.45) is 9.37. The fourth-order valence-electron chi connectivity index (χ4n) is 7.98. The van der Waals surface area contributed by atoms with E-state index in [1.54, 1.807) is 0 Å². The number of hydrogen-bond acceptors (Lipinski definition) is 8. The van der Waals surface area contributed by atoms with Gasteiger partial charge >= 0.3 is 28.5 Å². The van der Waals surface area contributed by atoms with Gasteiger partial charge in [0.15, 0.2) is 0 Å². The quantitative estimate of drug-likeness (QED) is 0.274. The molecule has 4 heterocycles. The topological polar surface area (TPSA) is 73.8 Å². The summed E-state index contributed by atoms with van der Waals surface area (Å²) in [5.41, 5.74) is -2.26. The third-order valence-corrected chi connectivity index (χ3v) is 14.2. The van der Waals surface area contributed by atoms with Crippen molar-refractivity contribution in [2.45, 2.75) is 230 Å². The van der Waals surface area contributed by atoms with Crippen LogP contribution in [0.3, 0.4) is 0 Å². The maximum atomic E-state index is 6.36. The van der Waals surface area contributed by atoms with Crippen LogP contribution in [0.25, 0.3) is 0 Å². The molecule has 0 N–H and O–H groups in total. The summed E-state index contributed by atoms with van der Waals surface area (Å²) >= 11 is 0. The van der Waals surface area contributed by atoms with Gasteiger partial charge in [-0.1, -0.05) is 51.4 Å². The first-order valence-corrected chi connectivity index (χ1v) is 19.2. The molecule has 0 bridgehead atoms. The van der Waals surface area contributed by atoms with E-state index < -0.39 is 0 Å². The van der Waals surface area contributed by atoms with Gasteiger partial charge < -0.3 is 37.2 Å². The van der Waals surface area contributed by atoms with Crippen LogP contribution in [0.2, 0.25) is 23.3 Å². The van der Waals surface area contributed by atoms with Gasteiger partial charge in [0, 0.05) is 0 Å². The molecule has 0 aromatic rings. The van der Waals surface area contributed by atoms with Gasteiger partial charge in [-0.3, -0.25) is 0 Å². The van der Waals surface area contributed by atoms with Crippen LogP contribution in [-0.2, 0) is 37.2 Å². The largest absolute Gasteiger partial charge is 0.460 e. The lowest BCUT2D eigenvalue weighted by molar-refractivity contribution is 0.00578. The summed E-state index contributed by atoms with van der Waals surface area (Å²) in [6, 6.07) is 0. The number of hydrogen-bond donors (Lipinski definition) is 0. The highest BCUT2D eigenvalue weighted by atomic mass is 16.7. The van der Waals surface area contributed by atoms with Crippen molar-refractivity contribution in [3.05, 3.63) is 0 Å². The highest BCUT2D eigenvalue weighted by Gasteiger charge is 2.62. The molecule has 0 radical (unpaired) electrons. The Morgan fingerprint density at radius 3 is 0.521 bits per heavy atom. The Morgan fingerprint density at radius 1 is 0.271 bits per heavy atom. The predicted molar refractivity (Wildman–Crippen MR) is 196 cm³/mol. The van der Waals surface area contributed by atoms with E-state index in [1.807, 2.05) is 0 Å². The molecule has 2 saturated carbocycles. The molecule has 0 spiro atoms. The van der Waals surface area contributed by atoms with Crippen molar-refractivity contribution in [3.63, 3.8) is 0 Å². The van der Waals surface area contributed by atoms with Gasteiger partial charge in [0.2, 0.25) is 0 Å². The van der Waals surface area contributed by atoms with Crippen LogP contribution in [0, 0.1) is 0 Å². The molecule has 6 fully saturated rings. The Labute approximate surface area is 295 Å². The summed E-state index contributed by atoms with van der Waals surface area (Å²) in [6.45, 7) is 34.0. The SMILES string of the molecule is CC1(C)OB([C@H]2CCCC[C@H]2B2OC(C)(C)C(C)(C)O2)OC1(C)C.CC1(C)OB([C@H]2CCCC[C@H]2B2OC(C)(C)C(C)(C)O2)OC1(C)C. The maximum Gasteiger partial charge on any atom is 0.460 e. The van der Waals surface area contributed by atoms with Crippen molar-refractivity contribution >= 4 is 28.5 Å². The van der Waals surface area contributed by atoms with Gasteiger partial charge in [0.1, 0.15) is 0 Å². The molecule has 0 amide bonds. The summed E-state index contributed by atoms with van der Waals surface area (Å²) in [5, 5.41) is 0. The molecule has 0 aromatic carbocycles. The van der Waals surface area contributed by atoms with Crippen molar-refractivity contribution < 1.29 is 37.2 Å². The molecule has 0 aromatic heterocycles. The molecule has 272 valence electrons. The van der Waals surface area contributed by atoms with Crippen LogP contribution < -0.4 is 0 Å². The first-order chi connectivity index (χ1) is 21.7. The fourth-order valence-corrected chi connectivity index (χ4v) is 7.98. The van der Waals surface area contributed by atoms with Crippen LogP contribution in [-0.4, -0.2) is 73.3 Å². The molecular formula is C36H68B4O8. The zero-order valence-electron chi connectivity index (χ0n) is 33.5. The molecule has 0 unspecified atom stereocenters. The summed E-state index contributed by atoms with van der Waals surface area (Å²) in [4.78, 5) is 0. The van der Waals surface area contributed by atoms with E-state index in [0.29, 0.717) is 23.3 Å². The van der Waals surface area contributed by atoms with Crippen molar-refractivity contribution in [1.82, 2.24) is 0 Å². The van der Waals surface area contributed by atoms with Crippen LogP contribution in [0.15, 0.2) is 0 Å². The smallest absolute Gasteiger partial charge is 0.403 e. The Balaban J connectivity index is 0.000000188. The molecule has 8 nitrogen and oxygen atoms in total. The van der Waals surface area contributed by atoms with Crippen LogP contribution in [0.4, 0.5) is 0 Å². The highest BCUT2D eigenvalue weighted by Crippen LogP contribution is 2.54. The normalized spacial score (nSPS) is 37.0. The van der Waals surface area contributed by atoms with E-state index >= 15 is 0 Å². The third-order valence-electron chi connectivity index (χ3n) is 14.2. The van der Waals surface area contributed by atoms with E-state index in [-0.39, 0.29) is 73.3 Å². The molecule has 4 aliphatic heterocycles. The van der Waals surface area contributed by atoms with Crippen molar-refractivity contribution in [3.8, 4) is 0 Å². The van der Waals surface area contributed by atoms with Crippen LogP contribution >= 0.6 is 0 Å². The maximum absolute atomic E-state index is 6.36. The van der Waals surface area contributed by atoms with E-state index in [0.717, 1.165) is 25.7 Å². The first kappa shape index (κ1) is 39.2. The minimum absolute atomic E-state index is 0.167. The van der Waals surface area contributed by atoms with Gasteiger partial charge in [-0.2, -0.15) is 0 Å². The molecule has 4 saturated heterocycles. The van der Waals surface area contributed by atoms with E-state index in [4.69, 9.17) is 37.2 Å². The highest BCUT2D eigenvalue weighted by molar-refractivity contribution is 6.55. The Hall–Kier alpha value is -0.0603. The molecule has 2 aliphatic carbocycles. The second-order valence-corrected chi connectivity index (χ2v) is 19.7. The zero-order valence-corrected chi connectivity index (χ0v) is 33.5. The molecule has 12 heteroatoms. The zero-order chi connectivity index (χ0) is 35.9. The first-order valence-electron chi connectivity index (χ1n) is 19.2. The second kappa shape index (κ2) is 12.8. The van der Waals surface area contributed by atoms with Gasteiger partial charge in [0.25, 0.3) is 0 Å². The van der Waals surface area contributed by atoms with Gasteiger partial charge in [-0.05, 0) is 134 Å². The molecule has 6 aliphatic rings.